The molecule has 2 fully saturated rings. The average Bonchev–Trinajstić information content (AvgIpc) is 3.25. The predicted octanol–water partition coefficient (Wildman–Crippen LogP) is 2.66. The van der Waals surface area contributed by atoms with Crippen LogP contribution in [-0.2, 0) is 4.79 Å². The van der Waals surface area contributed by atoms with Crippen LogP contribution in [0.15, 0.2) is 30.3 Å². The lowest BCUT2D eigenvalue weighted by Crippen LogP contribution is -2.41. The van der Waals surface area contributed by atoms with Gasteiger partial charge in [-0.05, 0) is 62.5 Å². The van der Waals surface area contributed by atoms with E-state index in [4.69, 9.17) is 5.26 Å². The fourth-order valence-electron chi connectivity index (χ4n) is 3.51. The molecule has 4 heteroatoms. The van der Waals surface area contributed by atoms with Crippen LogP contribution >= 0.6 is 0 Å². The standard InChI is InChI=1S/C19H23N3O/c20-14-17-7-5-16(6-8-17)9-10-19(23)22-13-3-4-18(22)15-21-11-1-2-12-21/h5-10,18H,1-4,11-13,15H2. The van der Waals surface area contributed by atoms with Gasteiger partial charge in [0.15, 0.2) is 0 Å². The van der Waals surface area contributed by atoms with Crippen molar-refractivity contribution in [2.24, 2.45) is 0 Å². The van der Waals surface area contributed by atoms with Crippen molar-refractivity contribution in [2.75, 3.05) is 26.2 Å². The lowest BCUT2D eigenvalue weighted by Gasteiger charge is -2.27. The zero-order chi connectivity index (χ0) is 16.1. The summed E-state index contributed by atoms with van der Waals surface area (Å²) in [4.78, 5) is 17.0. The monoisotopic (exact) mass is 309 g/mol. The summed E-state index contributed by atoms with van der Waals surface area (Å²) < 4.78 is 0. The van der Waals surface area contributed by atoms with Crippen molar-refractivity contribution in [3.63, 3.8) is 0 Å². The van der Waals surface area contributed by atoms with Crippen molar-refractivity contribution < 1.29 is 4.79 Å². The molecule has 0 aromatic heterocycles. The Hall–Kier alpha value is -2.12. The Morgan fingerprint density at radius 1 is 1.17 bits per heavy atom. The molecule has 2 aliphatic heterocycles. The normalized spacial score (nSPS) is 21.9. The van der Waals surface area contributed by atoms with Crippen molar-refractivity contribution in [3.05, 3.63) is 41.5 Å². The van der Waals surface area contributed by atoms with Crippen molar-refractivity contribution in [3.8, 4) is 6.07 Å². The molecule has 2 aliphatic rings. The maximum absolute atomic E-state index is 12.5. The molecule has 0 radical (unpaired) electrons. The highest BCUT2D eigenvalue weighted by Gasteiger charge is 2.29. The molecule has 23 heavy (non-hydrogen) atoms. The van der Waals surface area contributed by atoms with Gasteiger partial charge in [0.05, 0.1) is 11.6 Å². The minimum absolute atomic E-state index is 0.107. The third-order valence-electron chi connectivity index (χ3n) is 4.79. The van der Waals surface area contributed by atoms with Crippen LogP contribution in [0.5, 0.6) is 0 Å². The molecule has 0 bridgehead atoms. The summed E-state index contributed by atoms with van der Waals surface area (Å²) in [5.74, 6) is 0.107. The number of nitriles is 1. The molecule has 3 rings (SSSR count). The Kier molecular flexibility index (Phi) is 5.09. The van der Waals surface area contributed by atoms with Crippen LogP contribution in [0.4, 0.5) is 0 Å². The Bertz CT molecular complexity index is 608. The molecule has 1 atom stereocenters. The summed E-state index contributed by atoms with van der Waals surface area (Å²) in [6.45, 7) is 4.25. The minimum Gasteiger partial charge on any atom is -0.335 e. The van der Waals surface area contributed by atoms with Gasteiger partial charge < -0.3 is 9.80 Å². The summed E-state index contributed by atoms with van der Waals surface area (Å²) in [5, 5.41) is 8.80. The van der Waals surface area contributed by atoms with Crippen molar-refractivity contribution >= 4 is 12.0 Å². The number of carbonyl (C=O) groups is 1. The minimum atomic E-state index is 0.107. The quantitative estimate of drug-likeness (QED) is 0.803. The third kappa shape index (κ3) is 4.00. The molecule has 1 unspecified atom stereocenters. The zero-order valence-electron chi connectivity index (χ0n) is 13.4. The Balaban J connectivity index is 1.59. The fourth-order valence-corrected chi connectivity index (χ4v) is 3.51. The van der Waals surface area contributed by atoms with Crippen LogP contribution in [0, 0.1) is 11.3 Å². The fraction of sp³-hybridized carbons (Fsp3) is 0.474. The first-order valence-corrected chi connectivity index (χ1v) is 8.47. The zero-order valence-corrected chi connectivity index (χ0v) is 13.4. The van der Waals surface area contributed by atoms with Crippen molar-refractivity contribution in [1.29, 1.82) is 5.26 Å². The topological polar surface area (TPSA) is 47.3 Å². The average molecular weight is 309 g/mol. The molecule has 2 saturated heterocycles. The lowest BCUT2D eigenvalue weighted by molar-refractivity contribution is -0.127. The summed E-state index contributed by atoms with van der Waals surface area (Å²) in [7, 11) is 0. The molecule has 4 nitrogen and oxygen atoms in total. The van der Waals surface area contributed by atoms with Gasteiger partial charge in [-0.15, -0.1) is 0 Å². The number of hydrogen-bond acceptors (Lipinski definition) is 3. The van der Waals surface area contributed by atoms with E-state index >= 15 is 0 Å². The van der Waals surface area contributed by atoms with E-state index in [0.717, 1.165) is 31.5 Å². The number of carbonyl (C=O) groups excluding carboxylic acids is 1. The van der Waals surface area contributed by atoms with E-state index in [-0.39, 0.29) is 5.91 Å². The second-order valence-corrected chi connectivity index (χ2v) is 6.40. The molecular weight excluding hydrogens is 286 g/mol. The lowest BCUT2D eigenvalue weighted by atomic mass is 10.1. The van der Waals surface area contributed by atoms with Gasteiger partial charge in [-0.25, -0.2) is 0 Å². The molecule has 0 saturated carbocycles. The Morgan fingerprint density at radius 2 is 1.91 bits per heavy atom. The molecule has 0 spiro atoms. The van der Waals surface area contributed by atoms with Gasteiger partial charge in [0, 0.05) is 25.2 Å². The van der Waals surface area contributed by atoms with Crippen molar-refractivity contribution in [2.45, 2.75) is 31.7 Å². The van der Waals surface area contributed by atoms with Crippen LogP contribution in [0.3, 0.4) is 0 Å². The second kappa shape index (κ2) is 7.43. The van der Waals surface area contributed by atoms with Crippen LogP contribution in [0.2, 0.25) is 0 Å². The SMILES string of the molecule is N#Cc1ccc(C=CC(=O)N2CCCC2CN2CCCC2)cc1. The molecule has 1 aromatic carbocycles. The van der Waals surface area contributed by atoms with Crippen LogP contribution in [-0.4, -0.2) is 47.9 Å². The van der Waals surface area contributed by atoms with Gasteiger partial charge in [-0.3, -0.25) is 4.79 Å². The summed E-state index contributed by atoms with van der Waals surface area (Å²) in [6.07, 6.45) is 8.32. The molecule has 1 aromatic rings. The smallest absolute Gasteiger partial charge is 0.246 e. The van der Waals surface area contributed by atoms with Crippen LogP contribution < -0.4 is 0 Å². The predicted molar refractivity (Wildman–Crippen MR) is 90.6 cm³/mol. The maximum atomic E-state index is 12.5. The van der Waals surface area contributed by atoms with Crippen molar-refractivity contribution in [1.82, 2.24) is 9.80 Å². The van der Waals surface area contributed by atoms with E-state index in [9.17, 15) is 4.79 Å². The van der Waals surface area contributed by atoms with Gasteiger partial charge in [-0.2, -0.15) is 5.26 Å². The van der Waals surface area contributed by atoms with E-state index in [1.165, 1.54) is 25.9 Å². The third-order valence-corrected chi connectivity index (χ3v) is 4.79. The molecule has 2 heterocycles. The number of likely N-dealkylation sites (tertiary alicyclic amines) is 2. The Morgan fingerprint density at radius 3 is 2.61 bits per heavy atom. The maximum Gasteiger partial charge on any atom is 0.246 e. The molecular formula is C19H23N3O. The van der Waals surface area contributed by atoms with E-state index < -0.39 is 0 Å². The van der Waals surface area contributed by atoms with E-state index in [0.29, 0.717) is 11.6 Å². The van der Waals surface area contributed by atoms with Crippen LogP contribution in [0.1, 0.15) is 36.8 Å². The Labute approximate surface area is 138 Å². The largest absolute Gasteiger partial charge is 0.335 e. The molecule has 1 amide bonds. The summed E-state index contributed by atoms with van der Waals surface area (Å²) in [6, 6.07) is 9.75. The number of nitrogens with zero attached hydrogens (tertiary/aromatic N) is 3. The van der Waals surface area contributed by atoms with Gasteiger partial charge in [0.1, 0.15) is 0 Å². The number of hydrogen-bond donors (Lipinski definition) is 0. The first kappa shape index (κ1) is 15.8. The number of rotatable bonds is 4. The highest BCUT2D eigenvalue weighted by atomic mass is 16.2. The number of amides is 1. The molecule has 0 aliphatic carbocycles. The van der Waals surface area contributed by atoms with Crippen LogP contribution in [0.25, 0.3) is 6.08 Å². The summed E-state index contributed by atoms with van der Waals surface area (Å²) in [5.41, 5.74) is 1.59. The first-order valence-electron chi connectivity index (χ1n) is 8.47. The molecule has 0 N–H and O–H groups in total. The summed E-state index contributed by atoms with van der Waals surface area (Å²) >= 11 is 0. The first-order chi connectivity index (χ1) is 11.3. The van der Waals surface area contributed by atoms with E-state index in [1.807, 2.05) is 23.1 Å². The van der Waals surface area contributed by atoms with Gasteiger partial charge in [0.25, 0.3) is 0 Å². The van der Waals surface area contributed by atoms with E-state index in [1.54, 1.807) is 18.2 Å². The highest BCUT2D eigenvalue weighted by molar-refractivity contribution is 5.92. The molecule has 120 valence electrons. The van der Waals surface area contributed by atoms with E-state index in [2.05, 4.69) is 11.0 Å². The van der Waals surface area contributed by atoms with Gasteiger partial charge >= 0.3 is 0 Å². The number of benzene rings is 1. The second-order valence-electron chi connectivity index (χ2n) is 6.40. The highest BCUT2D eigenvalue weighted by Crippen LogP contribution is 2.21. The van der Waals surface area contributed by atoms with Gasteiger partial charge in [0.2, 0.25) is 5.91 Å². The van der Waals surface area contributed by atoms with Gasteiger partial charge in [-0.1, -0.05) is 12.1 Å².